The number of esters is 2. The van der Waals surface area contributed by atoms with Crippen LogP contribution in [0.4, 0.5) is 0 Å². The van der Waals surface area contributed by atoms with Crippen molar-refractivity contribution < 1.29 is 28.5 Å². The summed E-state index contributed by atoms with van der Waals surface area (Å²) >= 11 is 0. The van der Waals surface area contributed by atoms with E-state index in [1.54, 1.807) is 0 Å². The normalized spacial score (nSPS) is 11.3. The smallest absolute Gasteiger partial charge is 0.340 e. The highest BCUT2D eigenvalue weighted by Gasteiger charge is 2.33. The maximum Gasteiger partial charge on any atom is 0.340 e. The fourth-order valence-electron chi connectivity index (χ4n) is 6.83. The Morgan fingerprint density at radius 3 is 1.17 bits per heavy atom. The van der Waals surface area contributed by atoms with Gasteiger partial charge < -0.3 is 28.9 Å². The highest BCUT2D eigenvalue weighted by Crippen LogP contribution is 2.42. The Hall–Kier alpha value is -4.91. The lowest BCUT2D eigenvalue weighted by Crippen LogP contribution is -2.16. The monoisotopic (exact) mass is 848 g/mol. The summed E-state index contributed by atoms with van der Waals surface area (Å²) in [5, 5.41) is 0. The van der Waals surface area contributed by atoms with Crippen molar-refractivity contribution in [1.82, 2.24) is 9.97 Å². The average Bonchev–Trinajstić information content (AvgIpc) is 3.80. The van der Waals surface area contributed by atoms with E-state index in [2.05, 4.69) is 86.0 Å². The zero-order valence-corrected chi connectivity index (χ0v) is 40.0. The third kappa shape index (κ3) is 14.1. The first-order chi connectivity index (χ1) is 28.7. The van der Waals surface area contributed by atoms with Crippen molar-refractivity contribution in [3.05, 3.63) is 71.0 Å². The number of carbonyl (C=O) groups excluding carboxylic acids is 2. The molecule has 0 amide bonds. The third-order valence-electron chi connectivity index (χ3n) is 9.97. The molecular formula is C50H68N2O6Si2. The van der Waals surface area contributed by atoms with Crippen molar-refractivity contribution in [2.45, 2.75) is 130 Å². The summed E-state index contributed by atoms with van der Waals surface area (Å²) in [6.45, 7) is 18.7. The van der Waals surface area contributed by atoms with Crippen molar-refractivity contribution in [2.24, 2.45) is 0 Å². The molecule has 4 aromatic rings. The van der Waals surface area contributed by atoms with Gasteiger partial charge in [0.1, 0.15) is 27.6 Å². The average molecular weight is 849 g/mol. The van der Waals surface area contributed by atoms with Crippen LogP contribution in [0.3, 0.4) is 0 Å². The van der Waals surface area contributed by atoms with E-state index in [0.29, 0.717) is 47.1 Å². The number of methoxy groups -OCH3 is 2. The van der Waals surface area contributed by atoms with Gasteiger partial charge in [-0.15, -0.1) is 11.1 Å². The first-order valence-corrected chi connectivity index (χ1v) is 28.9. The van der Waals surface area contributed by atoms with Crippen molar-refractivity contribution in [3.8, 4) is 68.1 Å². The van der Waals surface area contributed by atoms with Crippen LogP contribution in [0, 0.1) is 22.9 Å². The van der Waals surface area contributed by atoms with Gasteiger partial charge in [-0.25, -0.2) is 9.59 Å². The summed E-state index contributed by atoms with van der Waals surface area (Å²) in [5.41, 5.74) is 11.9. The van der Waals surface area contributed by atoms with Gasteiger partial charge >= 0.3 is 11.9 Å². The van der Waals surface area contributed by atoms with Crippen LogP contribution in [0.5, 0.6) is 11.5 Å². The largest absolute Gasteiger partial charge is 0.494 e. The van der Waals surface area contributed by atoms with Crippen molar-refractivity contribution in [1.29, 1.82) is 0 Å². The first-order valence-electron chi connectivity index (χ1n) is 21.9. The molecule has 322 valence electrons. The summed E-state index contributed by atoms with van der Waals surface area (Å²) in [6.07, 6.45) is 14.2. The molecule has 2 N–H and O–H groups in total. The second-order valence-electron chi connectivity index (χ2n) is 17.5. The van der Waals surface area contributed by atoms with Crippen molar-refractivity contribution >= 4 is 28.1 Å². The number of rotatable bonds is 21. The van der Waals surface area contributed by atoms with Gasteiger partial charge in [0.25, 0.3) is 0 Å². The van der Waals surface area contributed by atoms with E-state index < -0.39 is 28.1 Å². The van der Waals surface area contributed by atoms with E-state index in [4.69, 9.17) is 18.9 Å². The Labute approximate surface area is 362 Å². The van der Waals surface area contributed by atoms with E-state index >= 15 is 0 Å². The van der Waals surface area contributed by atoms with Crippen LogP contribution in [0.25, 0.3) is 33.6 Å². The summed E-state index contributed by atoms with van der Waals surface area (Å²) < 4.78 is 23.2. The fourth-order valence-corrected chi connectivity index (χ4v) is 7.83. The Morgan fingerprint density at radius 1 is 0.517 bits per heavy atom. The number of ether oxygens (including phenoxy) is 4. The van der Waals surface area contributed by atoms with E-state index in [1.165, 1.54) is 65.6 Å². The summed E-state index contributed by atoms with van der Waals surface area (Å²) in [5.74, 6) is 7.14. The molecule has 0 radical (unpaired) electrons. The van der Waals surface area contributed by atoms with Gasteiger partial charge in [-0.1, -0.05) is 153 Å². The lowest BCUT2D eigenvalue weighted by atomic mass is 9.96. The number of carbonyl (C=O) groups is 2. The minimum Gasteiger partial charge on any atom is -0.494 e. The molecule has 0 atom stereocenters. The number of aromatic amines is 2. The summed E-state index contributed by atoms with van der Waals surface area (Å²) in [7, 11) is -1.05. The molecule has 2 aromatic carbocycles. The SMILES string of the molecule is CCCCCCCCOc1ccc(-c2c(C#C[Si](C)(C)C)[nH]c(-c3[nH]c(C#C[Si](C)(C)C)c(-c4ccc(OCCCCCCCC)cc4)c3C(=O)OC)c2C(=O)OC)cc1. The number of aromatic nitrogens is 2. The van der Waals surface area contributed by atoms with Gasteiger partial charge in [0.15, 0.2) is 0 Å². The van der Waals surface area contributed by atoms with Gasteiger partial charge in [0, 0.05) is 11.1 Å². The fraction of sp³-hybridized carbons (Fsp3) is 0.480. The van der Waals surface area contributed by atoms with Crippen LogP contribution in [-0.4, -0.2) is 65.5 Å². The predicted octanol–water partition coefficient (Wildman–Crippen LogP) is 12.9. The standard InChI is InChI=1S/C50H68N2O6Si2/c1-11-13-15-17-19-21-33-57-39-27-23-37(24-28-39)43-41(31-35-59(5,6)7)51-47(45(43)49(53)55-3)48-46(50(54)56-4)44(42(52-48)32-36-60(8,9)10)38-25-29-40(30-26-38)58-34-22-20-18-16-14-12-2/h23-30,51-52H,11-22,33-34H2,1-10H3. The number of benzene rings is 2. The molecule has 0 spiro atoms. The number of H-pyrrole nitrogens is 2. The highest BCUT2D eigenvalue weighted by molar-refractivity contribution is 6.84. The molecule has 0 aliphatic heterocycles. The number of unbranched alkanes of at least 4 members (excludes halogenated alkanes) is 10. The Kier molecular flexibility index (Phi) is 18.5. The van der Waals surface area contributed by atoms with E-state index in [1.807, 2.05) is 48.5 Å². The molecule has 0 unspecified atom stereocenters. The molecular weight excluding hydrogens is 781 g/mol. The van der Waals surface area contributed by atoms with Gasteiger partial charge in [0.2, 0.25) is 0 Å². The van der Waals surface area contributed by atoms with Gasteiger partial charge in [-0.05, 0) is 48.2 Å². The molecule has 8 nitrogen and oxygen atoms in total. The van der Waals surface area contributed by atoms with Crippen LogP contribution in [0.1, 0.15) is 123 Å². The zero-order chi connectivity index (χ0) is 43.7. The molecule has 0 saturated heterocycles. The van der Waals surface area contributed by atoms with Crippen LogP contribution in [0.15, 0.2) is 48.5 Å². The van der Waals surface area contributed by atoms with E-state index in [9.17, 15) is 9.59 Å². The minimum atomic E-state index is -1.88. The molecule has 0 aliphatic carbocycles. The van der Waals surface area contributed by atoms with Gasteiger partial charge in [-0.3, -0.25) is 0 Å². The van der Waals surface area contributed by atoms with Crippen LogP contribution >= 0.6 is 0 Å². The molecule has 10 heteroatoms. The molecule has 0 saturated carbocycles. The summed E-state index contributed by atoms with van der Waals surface area (Å²) in [6, 6.07) is 15.5. The predicted molar refractivity (Wildman–Crippen MR) is 252 cm³/mol. The number of hydrogen-bond donors (Lipinski definition) is 2. The van der Waals surface area contributed by atoms with Crippen molar-refractivity contribution in [2.75, 3.05) is 27.4 Å². The minimum absolute atomic E-state index is 0.249. The Morgan fingerprint density at radius 2 is 0.850 bits per heavy atom. The number of nitrogens with one attached hydrogen (secondary N) is 2. The molecule has 0 fully saturated rings. The topological polar surface area (TPSA) is 103 Å². The second kappa shape index (κ2) is 23.2. The van der Waals surface area contributed by atoms with Crippen LogP contribution in [-0.2, 0) is 9.47 Å². The Balaban J connectivity index is 1.86. The summed E-state index contributed by atoms with van der Waals surface area (Å²) in [4.78, 5) is 35.1. The Bertz CT molecular complexity index is 1980. The molecule has 2 aromatic heterocycles. The highest BCUT2D eigenvalue weighted by atomic mass is 28.3. The molecule has 0 aliphatic rings. The van der Waals surface area contributed by atoms with Crippen LogP contribution < -0.4 is 9.47 Å². The lowest BCUT2D eigenvalue weighted by molar-refractivity contribution is 0.0591. The van der Waals surface area contributed by atoms with Crippen LogP contribution in [0.2, 0.25) is 39.3 Å². The van der Waals surface area contributed by atoms with Crippen molar-refractivity contribution in [3.63, 3.8) is 0 Å². The lowest BCUT2D eigenvalue weighted by Gasteiger charge is -2.10. The maximum atomic E-state index is 14.1. The zero-order valence-electron chi connectivity index (χ0n) is 38.0. The third-order valence-corrected chi connectivity index (χ3v) is 11.7. The second-order valence-corrected chi connectivity index (χ2v) is 27.0. The quantitative estimate of drug-likeness (QED) is 0.0375. The molecule has 0 bridgehead atoms. The molecule has 4 rings (SSSR count). The van der Waals surface area contributed by atoms with Gasteiger partial charge in [0.05, 0.1) is 61.3 Å². The van der Waals surface area contributed by atoms with E-state index in [0.717, 1.165) is 48.3 Å². The van der Waals surface area contributed by atoms with Gasteiger partial charge in [-0.2, -0.15) is 0 Å². The number of hydrogen-bond acceptors (Lipinski definition) is 6. The maximum absolute atomic E-state index is 14.1. The van der Waals surface area contributed by atoms with E-state index in [-0.39, 0.29) is 11.1 Å². The molecule has 2 heterocycles. The first kappa shape index (κ1) is 47.8. The molecule has 60 heavy (non-hydrogen) atoms.